The molecule has 3 aromatic rings. The average molecular weight is 386 g/mol. The average Bonchev–Trinajstić information content (AvgIpc) is 3.06. The van der Waals surface area contributed by atoms with Crippen LogP contribution in [0.2, 0.25) is 0 Å². The maximum absolute atomic E-state index is 11.9. The molecule has 0 aliphatic rings. The number of hydrogen-bond acceptors (Lipinski definition) is 5. The molecule has 0 saturated heterocycles. The first-order valence-corrected chi connectivity index (χ1v) is 9.81. The van der Waals surface area contributed by atoms with Crippen LogP contribution in [0.5, 0.6) is 5.75 Å². The van der Waals surface area contributed by atoms with Gasteiger partial charge in [0, 0.05) is 21.7 Å². The highest BCUT2D eigenvalue weighted by atomic mass is 32.2. The van der Waals surface area contributed by atoms with Crippen LogP contribution in [0.4, 0.5) is 10.5 Å². The fourth-order valence-corrected chi connectivity index (χ4v) is 3.92. The van der Waals surface area contributed by atoms with Gasteiger partial charge in [0.05, 0.1) is 6.54 Å². The summed E-state index contributed by atoms with van der Waals surface area (Å²) in [5, 5.41) is 7.61. The van der Waals surface area contributed by atoms with Crippen LogP contribution >= 0.6 is 23.1 Å². The number of aromatic nitrogens is 1. The number of anilines is 1. The Balaban J connectivity index is 1.39. The summed E-state index contributed by atoms with van der Waals surface area (Å²) >= 11 is 3.24. The van der Waals surface area contributed by atoms with Crippen molar-refractivity contribution in [3.05, 3.63) is 65.7 Å². The van der Waals surface area contributed by atoms with Gasteiger partial charge in [-0.15, -0.1) is 11.3 Å². The monoisotopic (exact) mass is 385 g/mol. The van der Waals surface area contributed by atoms with E-state index >= 15 is 0 Å². The van der Waals surface area contributed by atoms with E-state index in [4.69, 9.17) is 4.74 Å². The van der Waals surface area contributed by atoms with Gasteiger partial charge in [-0.05, 0) is 43.3 Å². The number of urea groups is 1. The van der Waals surface area contributed by atoms with Gasteiger partial charge in [0.25, 0.3) is 0 Å². The van der Waals surface area contributed by atoms with E-state index < -0.39 is 0 Å². The minimum atomic E-state index is -0.252. The first-order chi connectivity index (χ1) is 12.7. The Bertz CT molecular complexity index is 836. The molecule has 0 radical (unpaired) electrons. The van der Waals surface area contributed by atoms with Crippen molar-refractivity contribution in [2.24, 2.45) is 0 Å². The number of nitrogens with zero attached hydrogens (tertiary/aromatic N) is 1. The van der Waals surface area contributed by atoms with Gasteiger partial charge in [-0.1, -0.05) is 30.0 Å². The fourth-order valence-electron chi connectivity index (χ4n) is 2.11. The molecule has 0 aliphatic carbocycles. The fraction of sp³-hybridized carbons (Fsp3) is 0.158. The van der Waals surface area contributed by atoms with Crippen molar-refractivity contribution in [3.8, 4) is 5.75 Å². The maximum atomic E-state index is 11.9. The van der Waals surface area contributed by atoms with Crippen LogP contribution in [-0.2, 0) is 0 Å². The van der Waals surface area contributed by atoms with Gasteiger partial charge in [0.15, 0.2) is 4.34 Å². The van der Waals surface area contributed by atoms with Crippen molar-refractivity contribution >= 4 is 34.8 Å². The molecule has 2 amide bonds. The first-order valence-electron chi connectivity index (χ1n) is 8.12. The number of carbonyl (C=O) groups is 1. The van der Waals surface area contributed by atoms with Gasteiger partial charge >= 0.3 is 6.03 Å². The number of para-hydroxylation sites is 1. The second kappa shape index (κ2) is 9.26. The summed E-state index contributed by atoms with van der Waals surface area (Å²) < 4.78 is 6.54. The third kappa shape index (κ3) is 5.79. The Morgan fingerprint density at radius 1 is 1.15 bits per heavy atom. The van der Waals surface area contributed by atoms with E-state index in [1.807, 2.05) is 66.9 Å². The first kappa shape index (κ1) is 18.3. The summed E-state index contributed by atoms with van der Waals surface area (Å²) in [7, 11) is 0. The molecule has 0 bridgehead atoms. The molecule has 3 rings (SSSR count). The van der Waals surface area contributed by atoms with Crippen molar-refractivity contribution in [1.29, 1.82) is 0 Å². The number of hydrogen-bond donors (Lipinski definition) is 2. The van der Waals surface area contributed by atoms with Crippen LogP contribution in [0, 0.1) is 6.92 Å². The quantitative estimate of drug-likeness (QED) is 0.573. The summed E-state index contributed by atoms with van der Waals surface area (Å²) in [5.74, 6) is 0.790. The molecule has 0 spiro atoms. The molecule has 0 unspecified atom stereocenters. The van der Waals surface area contributed by atoms with Gasteiger partial charge in [-0.2, -0.15) is 0 Å². The molecule has 7 heteroatoms. The van der Waals surface area contributed by atoms with Crippen LogP contribution in [0.1, 0.15) is 5.69 Å². The lowest BCUT2D eigenvalue weighted by Gasteiger charge is -2.09. The van der Waals surface area contributed by atoms with E-state index in [0.29, 0.717) is 13.2 Å². The summed E-state index contributed by atoms with van der Waals surface area (Å²) in [6.45, 7) is 2.83. The summed E-state index contributed by atoms with van der Waals surface area (Å²) in [6.07, 6.45) is 0. The largest absolute Gasteiger partial charge is 0.492 e. The van der Waals surface area contributed by atoms with Gasteiger partial charge in [0.1, 0.15) is 12.4 Å². The minimum absolute atomic E-state index is 0.252. The van der Waals surface area contributed by atoms with E-state index in [0.717, 1.165) is 26.4 Å². The molecule has 0 fully saturated rings. The Morgan fingerprint density at radius 3 is 2.62 bits per heavy atom. The third-order valence-corrected chi connectivity index (χ3v) is 5.38. The zero-order valence-electron chi connectivity index (χ0n) is 14.3. The molecular weight excluding hydrogens is 366 g/mol. The predicted octanol–water partition coefficient (Wildman–Crippen LogP) is 4.80. The van der Waals surface area contributed by atoms with E-state index in [9.17, 15) is 4.79 Å². The van der Waals surface area contributed by atoms with Gasteiger partial charge in [-0.3, -0.25) is 0 Å². The van der Waals surface area contributed by atoms with Crippen LogP contribution in [-0.4, -0.2) is 24.2 Å². The standard InChI is InChI=1S/C19H19N3O2S2/c1-14-13-25-19(21-14)26-17-9-7-15(8-10-17)22-18(23)20-11-12-24-16-5-3-2-4-6-16/h2-10,13H,11-12H2,1H3,(H2,20,22,23). The predicted molar refractivity (Wildman–Crippen MR) is 106 cm³/mol. The Morgan fingerprint density at radius 2 is 1.92 bits per heavy atom. The van der Waals surface area contributed by atoms with Crippen molar-refractivity contribution in [2.45, 2.75) is 16.2 Å². The molecule has 0 saturated carbocycles. The molecule has 0 atom stereocenters. The van der Waals surface area contributed by atoms with Gasteiger partial charge in [0.2, 0.25) is 0 Å². The highest BCUT2D eigenvalue weighted by molar-refractivity contribution is 8.01. The van der Waals surface area contributed by atoms with Crippen molar-refractivity contribution in [1.82, 2.24) is 10.3 Å². The lowest BCUT2D eigenvalue weighted by Crippen LogP contribution is -2.32. The summed E-state index contributed by atoms with van der Waals surface area (Å²) in [4.78, 5) is 17.4. The molecule has 26 heavy (non-hydrogen) atoms. The van der Waals surface area contributed by atoms with Crippen LogP contribution in [0.3, 0.4) is 0 Å². The maximum Gasteiger partial charge on any atom is 0.319 e. The zero-order chi connectivity index (χ0) is 18.2. The van der Waals surface area contributed by atoms with Gasteiger partial charge < -0.3 is 15.4 Å². The van der Waals surface area contributed by atoms with E-state index in [-0.39, 0.29) is 6.03 Å². The lowest BCUT2D eigenvalue weighted by molar-refractivity contribution is 0.247. The van der Waals surface area contributed by atoms with E-state index in [1.165, 1.54) is 0 Å². The second-order valence-corrected chi connectivity index (χ2v) is 7.60. The number of rotatable bonds is 7. The molecule has 2 N–H and O–H groups in total. The lowest BCUT2D eigenvalue weighted by atomic mass is 10.3. The van der Waals surface area contributed by atoms with Crippen LogP contribution < -0.4 is 15.4 Å². The minimum Gasteiger partial charge on any atom is -0.492 e. The molecule has 134 valence electrons. The summed E-state index contributed by atoms with van der Waals surface area (Å²) in [6, 6.07) is 17.0. The number of ether oxygens (including phenoxy) is 1. The number of aryl methyl sites for hydroxylation is 1. The van der Waals surface area contributed by atoms with Crippen LogP contribution in [0.25, 0.3) is 0 Å². The number of amides is 2. The molecule has 5 nitrogen and oxygen atoms in total. The van der Waals surface area contributed by atoms with Crippen LogP contribution in [0.15, 0.2) is 69.2 Å². The number of nitrogens with one attached hydrogen (secondary N) is 2. The number of carbonyl (C=O) groups excluding carboxylic acids is 1. The summed E-state index contributed by atoms with van der Waals surface area (Å²) in [5.41, 5.74) is 1.77. The highest BCUT2D eigenvalue weighted by Gasteiger charge is 2.04. The Hall–Kier alpha value is -2.51. The van der Waals surface area contributed by atoms with E-state index in [2.05, 4.69) is 15.6 Å². The van der Waals surface area contributed by atoms with Crippen molar-refractivity contribution in [3.63, 3.8) is 0 Å². The number of thiazole rings is 1. The van der Waals surface area contributed by atoms with Crippen molar-refractivity contribution in [2.75, 3.05) is 18.5 Å². The van der Waals surface area contributed by atoms with Crippen molar-refractivity contribution < 1.29 is 9.53 Å². The normalized spacial score (nSPS) is 10.3. The highest BCUT2D eigenvalue weighted by Crippen LogP contribution is 2.30. The zero-order valence-corrected chi connectivity index (χ0v) is 15.9. The number of benzene rings is 2. The Labute approximate surface area is 160 Å². The molecule has 1 heterocycles. The SMILES string of the molecule is Cc1csc(Sc2ccc(NC(=O)NCCOc3ccccc3)cc2)n1. The Kier molecular flexibility index (Phi) is 6.51. The molecule has 0 aliphatic heterocycles. The van der Waals surface area contributed by atoms with E-state index in [1.54, 1.807) is 23.1 Å². The smallest absolute Gasteiger partial charge is 0.319 e. The third-order valence-electron chi connectivity index (χ3n) is 3.31. The second-order valence-electron chi connectivity index (χ2n) is 5.42. The molecule has 2 aromatic carbocycles. The molecule has 1 aromatic heterocycles. The topological polar surface area (TPSA) is 63.2 Å². The van der Waals surface area contributed by atoms with Gasteiger partial charge in [-0.25, -0.2) is 9.78 Å². The molecular formula is C19H19N3O2S2.